The predicted octanol–water partition coefficient (Wildman–Crippen LogP) is 1.65. The number of amides is 1. The first kappa shape index (κ1) is 13.1. The summed E-state index contributed by atoms with van der Waals surface area (Å²) in [4.78, 5) is 13.7. The van der Waals surface area contributed by atoms with Gasteiger partial charge in [0.1, 0.15) is 11.5 Å². The van der Waals surface area contributed by atoms with Crippen LogP contribution in [0.4, 0.5) is 0 Å². The number of nitrogens with zero attached hydrogens (tertiary/aromatic N) is 1. The van der Waals surface area contributed by atoms with Gasteiger partial charge in [-0.3, -0.25) is 4.79 Å². The average molecular weight is 267 g/mol. The minimum Gasteiger partial charge on any atom is -0.497 e. The van der Waals surface area contributed by atoms with E-state index in [1.807, 2.05) is 34.9 Å². The molecule has 2 rings (SSSR count). The highest BCUT2D eigenvalue weighted by molar-refractivity contribution is 7.99. The molecule has 0 aliphatic carbocycles. The third-order valence-electron chi connectivity index (χ3n) is 2.77. The molecule has 0 saturated carbocycles. The molecular formula is C13H17NO3S. The maximum atomic E-state index is 11.9. The molecule has 0 radical (unpaired) electrons. The summed E-state index contributed by atoms with van der Waals surface area (Å²) in [5.74, 6) is 3.48. The Morgan fingerprint density at radius 3 is 2.78 bits per heavy atom. The quantitative estimate of drug-likeness (QED) is 0.831. The third kappa shape index (κ3) is 3.57. The zero-order chi connectivity index (χ0) is 12.8. The number of methoxy groups -OCH3 is 1. The van der Waals surface area contributed by atoms with Gasteiger partial charge >= 0.3 is 0 Å². The van der Waals surface area contributed by atoms with Crippen molar-refractivity contribution in [2.45, 2.75) is 0 Å². The lowest BCUT2D eigenvalue weighted by Crippen LogP contribution is -2.40. The van der Waals surface area contributed by atoms with E-state index >= 15 is 0 Å². The number of hydrogen-bond acceptors (Lipinski definition) is 4. The first-order valence-corrected chi connectivity index (χ1v) is 7.07. The van der Waals surface area contributed by atoms with Crippen LogP contribution in [-0.4, -0.2) is 49.1 Å². The molecule has 1 heterocycles. The second-order valence-corrected chi connectivity index (χ2v) is 5.19. The number of thioether (sulfide) groups is 1. The molecule has 1 aliphatic heterocycles. The monoisotopic (exact) mass is 267 g/mol. The molecule has 1 fully saturated rings. The molecule has 98 valence electrons. The fraction of sp³-hybridized carbons (Fsp3) is 0.462. The minimum absolute atomic E-state index is 0.0538. The van der Waals surface area contributed by atoms with Gasteiger partial charge in [-0.15, -0.1) is 0 Å². The van der Waals surface area contributed by atoms with Crippen molar-refractivity contribution in [2.75, 3.05) is 38.3 Å². The Labute approximate surface area is 111 Å². The highest BCUT2D eigenvalue weighted by atomic mass is 32.2. The second kappa shape index (κ2) is 6.54. The van der Waals surface area contributed by atoms with Crippen molar-refractivity contribution in [2.24, 2.45) is 0 Å². The molecule has 4 nitrogen and oxygen atoms in total. The summed E-state index contributed by atoms with van der Waals surface area (Å²) < 4.78 is 10.6. The molecule has 1 saturated heterocycles. The Bertz CT molecular complexity index is 405. The van der Waals surface area contributed by atoms with E-state index in [0.29, 0.717) is 5.75 Å². The zero-order valence-electron chi connectivity index (χ0n) is 10.4. The number of benzene rings is 1. The van der Waals surface area contributed by atoms with Crippen LogP contribution in [0, 0.1) is 0 Å². The summed E-state index contributed by atoms with van der Waals surface area (Å²) in [6, 6.07) is 7.29. The van der Waals surface area contributed by atoms with E-state index in [4.69, 9.17) is 9.47 Å². The Morgan fingerprint density at radius 1 is 1.33 bits per heavy atom. The minimum atomic E-state index is 0.0538. The molecule has 1 aliphatic rings. The zero-order valence-corrected chi connectivity index (χ0v) is 11.2. The van der Waals surface area contributed by atoms with Crippen LogP contribution >= 0.6 is 11.8 Å². The van der Waals surface area contributed by atoms with Crippen LogP contribution in [0.3, 0.4) is 0 Å². The summed E-state index contributed by atoms with van der Waals surface area (Å²) >= 11 is 1.88. The van der Waals surface area contributed by atoms with Gasteiger partial charge in [-0.2, -0.15) is 11.8 Å². The highest BCUT2D eigenvalue weighted by Gasteiger charge is 2.16. The largest absolute Gasteiger partial charge is 0.497 e. The molecule has 5 heteroatoms. The Hall–Kier alpha value is -1.36. The fourth-order valence-electron chi connectivity index (χ4n) is 1.74. The topological polar surface area (TPSA) is 38.8 Å². The molecular weight excluding hydrogens is 250 g/mol. The predicted molar refractivity (Wildman–Crippen MR) is 72.4 cm³/mol. The molecule has 0 atom stereocenters. The lowest BCUT2D eigenvalue weighted by molar-refractivity contribution is -0.132. The van der Waals surface area contributed by atoms with Gasteiger partial charge in [0, 0.05) is 30.7 Å². The summed E-state index contributed by atoms with van der Waals surface area (Å²) in [5, 5.41) is 0. The Morgan fingerprint density at radius 2 is 2.06 bits per heavy atom. The second-order valence-electron chi connectivity index (χ2n) is 3.96. The Kier molecular flexibility index (Phi) is 4.75. The van der Waals surface area contributed by atoms with Gasteiger partial charge in [-0.05, 0) is 12.1 Å². The van der Waals surface area contributed by atoms with E-state index in [1.54, 1.807) is 13.2 Å². The van der Waals surface area contributed by atoms with Gasteiger partial charge < -0.3 is 14.4 Å². The van der Waals surface area contributed by atoms with E-state index in [-0.39, 0.29) is 12.5 Å². The van der Waals surface area contributed by atoms with Crippen molar-refractivity contribution in [3.8, 4) is 11.5 Å². The third-order valence-corrected chi connectivity index (χ3v) is 3.71. The van der Waals surface area contributed by atoms with Gasteiger partial charge in [-0.25, -0.2) is 0 Å². The maximum Gasteiger partial charge on any atom is 0.260 e. The average Bonchev–Trinajstić information content (AvgIpc) is 2.46. The van der Waals surface area contributed by atoms with Crippen LogP contribution in [0.5, 0.6) is 11.5 Å². The summed E-state index contributed by atoms with van der Waals surface area (Å²) in [6.45, 7) is 1.74. The standard InChI is InChI=1S/C13H17NO3S/c1-16-11-3-2-4-12(9-11)17-10-13(15)14-5-7-18-8-6-14/h2-4,9H,5-8,10H2,1H3. The van der Waals surface area contributed by atoms with Crippen LogP contribution < -0.4 is 9.47 Å². The molecule has 1 aromatic carbocycles. The van der Waals surface area contributed by atoms with Crippen LogP contribution in [0.15, 0.2) is 24.3 Å². The van der Waals surface area contributed by atoms with Crippen LogP contribution in [0.2, 0.25) is 0 Å². The summed E-state index contributed by atoms with van der Waals surface area (Å²) in [5.41, 5.74) is 0. The highest BCUT2D eigenvalue weighted by Crippen LogP contribution is 2.19. The maximum absolute atomic E-state index is 11.9. The first-order valence-electron chi connectivity index (χ1n) is 5.92. The smallest absolute Gasteiger partial charge is 0.260 e. The van der Waals surface area contributed by atoms with Crippen molar-refractivity contribution in [1.29, 1.82) is 0 Å². The molecule has 0 aromatic heterocycles. The molecule has 0 bridgehead atoms. The van der Waals surface area contributed by atoms with E-state index in [0.717, 1.165) is 30.3 Å². The molecule has 1 aromatic rings. The van der Waals surface area contributed by atoms with E-state index in [9.17, 15) is 4.79 Å². The summed E-state index contributed by atoms with van der Waals surface area (Å²) in [6.07, 6.45) is 0. The first-order chi connectivity index (χ1) is 8.79. The van der Waals surface area contributed by atoms with Crippen molar-refractivity contribution in [1.82, 2.24) is 4.90 Å². The number of carbonyl (C=O) groups excluding carboxylic acids is 1. The molecule has 0 N–H and O–H groups in total. The molecule has 18 heavy (non-hydrogen) atoms. The lowest BCUT2D eigenvalue weighted by Gasteiger charge is -2.26. The van der Waals surface area contributed by atoms with E-state index in [2.05, 4.69) is 0 Å². The van der Waals surface area contributed by atoms with Crippen LogP contribution in [0.1, 0.15) is 0 Å². The van der Waals surface area contributed by atoms with Crippen LogP contribution in [-0.2, 0) is 4.79 Å². The fourth-order valence-corrected chi connectivity index (χ4v) is 2.64. The number of rotatable bonds is 4. The molecule has 0 unspecified atom stereocenters. The molecule has 1 amide bonds. The van der Waals surface area contributed by atoms with E-state index in [1.165, 1.54) is 0 Å². The van der Waals surface area contributed by atoms with Gasteiger partial charge in [0.05, 0.1) is 7.11 Å². The number of hydrogen-bond donors (Lipinski definition) is 0. The number of ether oxygens (including phenoxy) is 2. The lowest BCUT2D eigenvalue weighted by atomic mass is 10.3. The van der Waals surface area contributed by atoms with Gasteiger partial charge in [0.25, 0.3) is 5.91 Å². The van der Waals surface area contributed by atoms with Crippen molar-refractivity contribution in [3.63, 3.8) is 0 Å². The van der Waals surface area contributed by atoms with Crippen molar-refractivity contribution < 1.29 is 14.3 Å². The Balaban J connectivity index is 1.84. The summed E-state index contributed by atoms with van der Waals surface area (Å²) in [7, 11) is 1.61. The normalized spacial score (nSPS) is 15.3. The van der Waals surface area contributed by atoms with Gasteiger partial charge in [-0.1, -0.05) is 6.07 Å². The van der Waals surface area contributed by atoms with E-state index < -0.39 is 0 Å². The van der Waals surface area contributed by atoms with Crippen molar-refractivity contribution >= 4 is 17.7 Å². The van der Waals surface area contributed by atoms with Crippen molar-refractivity contribution in [3.05, 3.63) is 24.3 Å². The van der Waals surface area contributed by atoms with Gasteiger partial charge in [0.15, 0.2) is 6.61 Å². The molecule has 0 spiro atoms. The SMILES string of the molecule is COc1cccc(OCC(=O)N2CCSCC2)c1. The van der Waals surface area contributed by atoms with Gasteiger partial charge in [0.2, 0.25) is 0 Å². The van der Waals surface area contributed by atoms with Crippen LogP contribution in [0.25, 0.3) is 0 Å². The number of carbonyl (C=O) groups is 1.